The van der Waals surface area contributed by atoms with Gasteiger partial charge in [-0.2, -0.15) is 0 Å². The lowest BCUT2D eigenvalue weighted by molar-refractivity contribution is 0.0314. The summed E-state index contributed by atoms with van der Waals surface area (Å²) < 4.78 is 5.85. The molecule has 0 aliphatic rings. The molecule has 128 valence electrons. The van der Waals surface area contributed by atoms with Crippen molar-refractivity contribution < 1.29 is 14.6 Å². The first-order chi connectivity index (χ1) is 11.3. The van der Waals surface area contributed by atoms with Crippen molar-refractivity contribution in [3.05, 3.63) is 53.9 Å². The van der Waals surface area contributed by atoms with Crippen molar-refractivity contribution >= 4 is 5.91 Å². The molecule has 1 heterocycles. The van der Waals surface area contributed by atoms with Crippen LogP contribution in [0.1, 0.15) is 36.7 Å². The smallest absolute Gasteiger partial charge is 0.254 e. The number of nitrogens with zero attached hydrogens (tertiary/aromatic N) is 2. The predicted octanol–water partition coefficient (Wildman–Crippen LogP) is 3.42. The van der Waals surface area contributed by atoms with Crippen LogP contribution in [0, 0.1) is 6.92 Å². The lowest BCUT2D eigenvalue weighted by Gasteiger charge is -2.28. The molecule has 0 fully saturated rings. The van der Waals surface area contributed by atoms with Crippen LogP contribution < -0.4 is 4.74 Å². The molecule has 24 heavy (non-hydrogen) atoms. The molecule has 2 aromatic rings. The van der Waals surface area contributed by atoms with E-state index in [0.29, 0.717) is 23.6 Å². The molecular formula is C19H24N2O3. The normalized spacial score (nSPS) is 11.2. The van der Waals surface area contributed by atoms with Gasteiger partial charge >= 0.3 is 0 Å². The average molecular weight is 328 g/mol. The zero-order valence-electron chi connectivity index (χ0n) is 14.6. The third-order valence-electron chi connectivity index (χ3n) is 3.56. The highest BCUT2D eigenvalue weighted by atomic mass is 16.5. The molecule has 0 spiro atoms. The number of hydrogen-bond acceptors (Lipinski definition) is 4. The maximum Gasteiger partial charge on any atom is 0.254 e. The Kier molecular flexibility index (Phi) is 5.57. The minimum Gasteiger partial charge on any atom is -0.457 e. The summed E-state index contributed by atoms with van der Waals surface area (Å²) in [5.41, 5.74) is 0.539. The number of aryl methyl sites for hydroxylation is 1. The maximum atomic E-state index is 12.7. The highest BCUT2D eigenvalue weighted by molar-refractivity contribution is 5.94. The highest BCUT2D eigenvalue weighted by Gasteiger charge is 2.22. The molecule has 0 aliphatic heterocycles. The Morgan fingerprint density at radius 2 is 1.92 bits per heavy atom. The van der Waals surface area contributed by atoms with Gasteiger partial charge in [0.05, 0.1) is 5.60 Å². The van der Waals surface area contributed by atoms with Crippen LogP contribution in [0.25, 0.3) is 0 Å². The fraction of sp³-hybridized carbons (Fsp3) is 0.368. The first-order valence-electron chi connectivity index (χ1n) is 8.00. The molecule has 1 aromatic carbocycles. The summed E-state index contributed by atoms with van der Waals surface area (Å²) in [6, 6.07) is 8.91. The summed E-state index contributed by atoms with van der Waals surface area (Å²) in [4.78, 5) is 18.3. The van der Waals surface area contributed by atoms with Gasteiger partial charge in [0.1, 0.15) is 11.5 Å². The lowest BCUT2D eigenvalue weighted by atomic mass is 10.1. The van der Waals surface area contributed by atoms with E-state index in [4.69, 9.17) is 4.74 Å². The highest BCUT2D eigenvalue weighted by Crippen LogP contribution is 2.26. The molecular weight excluding hydrogens is 304 g/mol. The number of aliphatic hydroxyl groups is 1. The second kappa shape index (κ2) is 7.45. The number of carbonyl (C=O) groups is 1. The Bertz CT molecular complexity index is 694. The van der Waals surface area contributed by atoms with Gasteiger partial charge in [0.2, 0.25) is 0 Å². The minimum atomic E-state index is -0.938. The van der Waals surface area contributed by atoms with E-state index in [2.05, 4.69) is 4.98 Å². The molecule has 0 atom stereocenters. The molecule has 1 N–H and O–H groups in total. The maximum absolute atomic E-state index is 12.7. The van der Waals surface area contributed by atoms with Crippen LogP contribution in [0.15, 0.2) is 42.7 Å². The first kappa shape index (κ1) is 17.9. The number of rotatable bonds is 6. The van der Waals surface area contributed by atoms with Gasteiger partial charge < -0.3 is 14.7 Å². The Morgan fingerprint density at radius 3 is 2.50 bits per heavy atom. The van der Waals surface area contributed by atoms with Gasteiger partial charge in [-0.1, -0.05) is 6.07 Å². The number of hydrogen-bond donors (Lipinski definition) is 1. The Balaban J connectivity index is 2.24. The van der Waals surface area contributed by atoms with Crippen LogP contribution in [0.5, 0.6) is 11.5 Å². The summed E-state index contributed by atoms with van der Waals surface area (Å²) in [5.74, 6) is 1.17. The Morgan fingerprint density at radius 1 is 1.25 bits per heavy atom. The summed E-state index contributed by atoms with van der Waals surface area (Å²) in [6.07, 6.45) is 3.31. The first-order valence-corrected chi connectivity index (χ1v) is 8.00. The van der Waals surface area contributed by atoms with Gasteiger partial charge in [0, 0.05) is 31.0 Å². The minimum absolute atomic E-state index is 0.126. The number of likely N-dealkylation sites (N-methyl/N-ethyl adjacent to an activating group) is 1. The van der Waals surface area contributed by atoms with Gasteiger partial charge in [-0.05, 0) is 57.5 Å². The molecule has 0 bridgehead atoms. The second-order valence-electron chi connectivity index (χ2n) is 6.40. The fourth-order valence-electron chi connectivity index (χ4n) is 2.35. The standard InChI is InChI=1S/C19H24N2O3/c1-5-21(13-19(3,4)23)18(22)15-7-6-14(2)17(12-15)24-16-8-10-20-11-9-16/h6-12,23H,5,13H2,1-4H3. The van der Waals surface area contributed by atoms with Gasteiger partial charge in [0.15, 0.2) is 0 Å². The van der Waals surface area contributed by atoms with Crippen molar-refractivity contribution in [2.75, 3.05) is 13.1 Å². The molecule has 0 unspecified atom stereocenters. The summed E-state index contributed by atoms with van der Waals surface area (Å²) >= 11 is 0. The van der Waals surface area contributed by atoms with Crippen LogP contribution in [0.3, 0.4) is 0 Å². The van der Waals surface area contributed by atoms with E-state index < -0.39 is 5.60 Å². The molecule has 0 aliphatic carbocycles. The number of aromatic nitrogens is 1. The summed E-state index contributed by atoms with van der Waals surface area (Å²) in [6.45, 7) is 8.01. The predicted molar refractivity (Wildman–Crippen MR) is 93.4 cm³/mol. The van der Waals surface area contributed by atoms with E-state index in [9.17, 15) is 9.90 Å². The quantitative estimate of drug-likeness (QED) is 0.882. The van der Waals surface area contributed by atoms with E-state index in [1.807, 2.05) is 19.9 Å². The number of carbonyl (C=O) groups excluding carboxylic acids is 1. The molecule has 1 aromatic heterocycles. The third kappa shape index (κ3) is 4.80. The van der Waals surface area contributed by atoms with Crippen molar-refractivity contribution in [2.24, 2.45) is 0 Å². The van der Waals surface area contributed by atoms with Crippen molar-refractivity contribution in [1.29, 1.82) is 0 Å². The fourth-order valence-corrected chi connectivity index (χ4v) is 2.35. The van der Waals surface area contributed by atoms with Crippen molar-refractivity contribution in [1.82, 2.24) is 9.88 Å². The van der Waals surface area contributed by atoms with E-state index in [0.717, 1.165) is 5.56 Å². The number of benzene rings is 1. The number of ether oxygens (including phenoxy) is 1. The van der Waals surface area contributed by atoms with E-state index in [1.54, 1.807) is 55.4 Å². The van der Waals surface area contributed by atoms with E-state index >= 15 is 0 Å². The van der Waals surface area contributed by atoms with Gasteiger partial charge in [-0.3, -0.25) is 9.78 Å². The van der Waals surface area contributed by atoms with Crippen LogP contribution in [-0.4, -0.2) is 39.6 Å². The lowest BCUT2D eigenvalue weighted by Crippen LogP contribution is -2.42. The summed E-state index contributed by atoms with van der Waals surface area (Å²) in [7, 11) is 0. The van der Waals surface area contributed by atoms with Gasteiger partial charge in [0.25, 0.3) is 5.91 Å². The SMILES string of the molecule is CCN(CC(C)(C)O)C(=O)c1ccc(C)c(Oc2ccncc2)c1. The van der Waals surface area contributed by atoms with Crippen molar-refractivity contribution in [2.45, 2.75) is 33.3 Å². The average Bonchev–Trinajstić information content (AvgIpc) is 2.54. The number of amides is 1. The van der Waals surface area contributed by atoms with Gasteiger partial charge in [-0.15, -0.1) is 0 Å². The van der Waals surface area contributed by atoms with Crippen LogP contribution in [-0.2, 0) is 0 Å². The van der Waals surface area contributed by atoms with E-state index in [1.165, 1.54) is 0 Å². The largest absolute Gasteiger partial charge is 0.457 e. The molecule has 0 radical (unpaired) electrons. The zero-order valence-corrected chi connectivity index (χ0v) is 14.6. The number of pyridine rings is 1. The molecule has 5 nitrogen and oxygen atoms in total. The van der Waals surface area contributed by atoms with E-state index in [-0.39, 0.29) is 12.5 Å². The van der Waals surface area contributed by atoms with Gasteiger partial charge in [-0.25, -0.2) is 0 Å². The van der Waals surface area contributed by atoms with Crippen LogP contribution in [0.2, 0.25) is 0 Å². The monoisotopic (exact) mass is 328 g/mol. The van der Waals surface area contributed by atoms with Crippen LogP contribution in [0.4, 0.5) is 0 Å². The molecule has 2 rings (SSSR count). The second-order valence-corrected chi connectivity index (χ2v) is 6.40. The van der Waals surface area contributed by atoms with Crippen LogP contribution >= 0.6 is 0 Å². The summed E-state index contributed by atoms with van der Waals surface area (Å²) in [5, 5.41) is 9.98. The van der Waals surface area contributed by atoms with Crippen molar-refractivity contribution in [3.8, 4) is 11.5 Å². The third-order valence-corrected chi connectivity index (χ3v) is 3.56. The van der Waals surface area contributed by atoms with Crippen molar-refractivity contribution in [3.63, 3.8) is 0 Å². The molecule has 1 amide bonds. The molecule has 5 heteroatoms. The molecule has 0 saturated carbocycles. The zero-order chi connectivity index (χ0) is 17.7. The Labute approximate surface area is 142 Å². The molecule has 0 saturated heterocycles. The topological polar surface area (TPSA) is 62.7 Å². The Hall–Kier alpha value is -2.40.